The number of nitrogens with zero attached hydrogens (tertiary/aromatic N) is 1. The van der Waals surface area contributed by atoms with Gasteiger partial charge in [0, 0.05) is 12.7 Å². The van der Waals surface area contributed by atoms with E-state index in [4.69, 9.17) is 4.74 Å². The average Bonchev–Trinajstić information content (AvgIpc) is 2.76. The highest BCUT2D eigenvalue weighted by Gasteiger charge is 2.26. The van der Waals surface area contributed by atoms with E-state index < -0.39 is 10.0 Å². The molecule has 3 aromatic carbocycles. The normalized spacial score (nSPS) is 13.2. The molecule has 0 saturated carbocycles. The lowest BCUT2D eigenvalue weighted by Crippen LogP contribution is -2.25. The SMILES string of the molecule is Cc1ccc2c(c1)N(C)C(=O)c1ccc(-c3cccc(NS(C)(=O)=O)c3)cc1O2. The van der Waals surface area contributed by atoms with Gasteiger partial charge in [-0.05, 0) is 60.0 Å². The summed E-state index contributed by atoms with van der Waals surface area (Å²) in [5.41, 5.74) is 4.31. The summed E-state index contributed by atoms with van der Waals surface area (Å²) < 4.78 is 31.6. The van der Waals surface area contributed by atoms with Crippen LogP contribution in [0.5, 0.6) is 11.5 Å². The molecule has 0 fully saturated rings. The zero-order valence-corrected chi connectivity index (χ0v) is 17.1. The summed E-state index contributed by atoms with van der Waals surface area (Å²) in [4.78, 5) is 14.5. The maximum atomic E-state index is 12.9. The van der Waals surface area contributed by atoms with Gasteiger partial charge in [0.25, 0.3) is 5.91 Å². The first-order valence-electron chi connectivity index (χ1n) is 9.00. The number of carbonyl (C=O) groups is 1. The average molecular weight is 408 g/mol. The van der Waals surface area contributed by atoms with Crippen LogP contribution >= 0.6 is 0 Å². The molecule has 1 aliphatic rings. The maximum Gasteiger partial charge on any atom is 0.261 e. The van der Waals surface area contributed by atoms with Gasteiger partial charge < -0.3 is 9.64 Å². The lowest BCUT2D eigenvalue weighted by Gasteiger charge is -2.16. The highest BCUT2D eigenvalue weighted by Crippen LogP contribution is 2.40. The molecule has 3 aromatic rings. The Morgan fingerprint density at radius 1 is 0.931 bits per heavy atom. The summed E-state index contributed by atoms with van der Waals surface area (Å²) in [6, 6.07) is 18.1. The molecule has 1 amide bonds. The highest BCUT2D eigenvalue weighted by atomic mass is 32.2. The number of benzene rings is 3. The number of anilines is 2. The Morgan fingerprint density at radius 2 is 1.69 bits per heavy atom. The second-order valence-corrected chi connectivity index (χ2v) is 8.85. The predicted molar refractivity (Wildman–Crippen MR) is 114 cm³/mol. The molecule has 29 heavy (non-hydrogen) atoms. The Labute approximate surface area is 169 Å². The third-order valence-corrected chi connectivity index (χ3v) is 5.32. The van der Waals surface area contributed by atoms with Crippen LogP contribution in [0.15, 0.2) is 60.7 Å². The van der Waals surface area contributed by atoms with Crippen LogP contribution in [-0.4, -0.2) is 27.6 Å². The van der Waals surface area contributed by atoms with Crippen molar-refractivity contribution in [3.63, 3.8) is 0 Å². The van der Waals surface area contributed by atoms with E-state index in [0.717, 1.165) is 22.9 Å². The number of hydrogen-bond acceptors (Lipinski definition) is 4. The predicted octanol–water partition coefficient (Wildman–Crippen LogP) is 4.42. The van der Waals surface area contributed by atoms with E-state index in [1.165, 1.54) is 0 Å². The summed E-state index contributed by atoms with van der Waals surface area (Å²) in [6.45, 7) is 1.96. The number of aryl methyl sites for hydroxylation is 1. The Balaban J connectivity index is 1.78. The molecule has 6 nitrogen and oxygen atoms in total. The lowest BCUT2D eigenvalue weighted by atomic mass is 10.0. The van der Waals surface area contributed by atoms with Crippen molar-refractivity contribution in [1.29, 1.82) is 0 Å². The minimum atomic E-state index is -3.37. The van der Waals surface area contributed by atoms with Crippen LogP contribution in [0.3, 0.4) is 0 Å². The van der Waals surface area contributed by atoms with Gasteiger partial charge in [-0.3, -0.25) is 9.52 Å². The number of carbonyl (C=O) groups excluding carboxylic acids is 1. The third kappa shape index (κ3) is 3.82. The molecule has 0 bridgehead atoms. The fraction of sp³-hybridized carbons (Fsp3) is 0.136. The number of amides is 1. The molecule has 148 valence electrons. The molecule has 0 aliphatic carbocycles. The van der Waals surface area contributed by atoms with Crippen LogP contribution in [-0.2, 0) is 10.0 Å². The van der Waals surface area contributed by atoms with Gasteiger partial charge in [-0.15, -0.1) is 0 Å². The zero-order valence-electron chi connectivity index (χ0n) is 16.3. The Morgan fingerprint density at radius 3 is 2.45 bits per heavy atom. The molecule has 1 heterocycles. The lowest BCUT2D eigenvalue weighted by molar-refractivity contribution is 0.0993. The van der Waals surface area contributed by atoms with Crippen molar-refractivity contribution < 1.29 is 17.9 Å². The van der Waals surface area contributed by atoms with E-state index in [1.807, 2.05) is 37.3 Å². The molecule has 0 atom stereocenters. The zero-order chi connectivity index (χ0) is 20.8. The fourth-order valence-electron chi connectivity index (χ4n) is 3.32. The van der Waals surface area contributed by atoms with Gasteiger partial charge in [0.2, 0.25) is 10.0 Å². The van der Waals surface area contributed by atoms with Gasteiger partial charge in [-0.25, -0.2) is 8.42 Å². The summed E-state index contributed by atoms with van der Waals surface area (Å²) in [5.74, 6) is 0.918. The van der Waals surface area contributed by atoms with Crippen LogP contribution in [0.25, 0.3) is 11.1 Å². The molecule has 0 radical (unpaired) electrons. The van der Waals surface area contributed by atoms with Gasteiger partial charge in [-0.2, -0.15) is 0 Å². The maximum absolute atomic E-state index is 12.9. The van der Waals surface area contributed by atoms with Gasteiger partial charge in [0.15, 0.2) is 5.75 Å². The van der Waals surface area contributed by atoms with E-state index in [2.05, 4.69) is 4.72 Å². The summed E-state index contributed by atoms with van der Waals surface area (Å²) in [5, 5.41) is 0. The molecule has 1 aliphatic heterocycles. The van der Waals surface area contributed by atoms with E-state index in [0.29, 0.717) is 28.4 Å². The van der Waals surface area contributed by atoms with Crippen molar-refractivity contribution in [3.05, 3.63) is 71.8 Å². The number of nitrogens with one attached hydrogen (secondary N) is 1. The van der Waals surface area contributed by atoms with Crippen LogP contribution < -0.4 is 14.4 Å². The Kier molecular flexibility index (Phi) is 4.55. The van der Waals surface area contributed by atoms with E-state index >= 15 is 0 Å². The Bertz CT molecular complexity index is 1240. The molecule has 4 rings (SSSR count). The van der Waals surface area contributed by atoms with Crippen molar-refractivity contribution in [1.82, 2.24) is 0 Å². The van der Waals surface area contributed by atoms with Crippen LogP contribution in [0.1, 0.15) is 15.9 Å². The van der Waals surface area contributed by atoms with Gasteiger partial charge in [-0.1, -0.05) is 24.3 Å². The van der Waals surface area contributed by atoms with E-state index in [-0.39, 0.29) is 5.91 Å². The first kappa shape index (κ1) is 19.0. The molecule has 7 heteroatoms. The first-order chi connectivity index (χ1) is 13.7. The van der Waals surface area contributed by atoms with Crippen molar-refractivity contribution in [3.8, 4) is 22.6 Å². The standard InChI is InChI=1S/C22H20N2O4S/c1-14-7-10-20-19(11-14)24(2)22(25)18-9-8-16(13-21(18)28-20)15-5-4-6-17(12-15)23-29(3,26)27/h4-13,23H,1-3H3. The fourth-order valence-corrected chi connectivity index (χ4v) is 3.88. The number of sulfonamides is 1. The number of ether oxygens (including phenoxy) is 1. The van der Waals surface area contributed by atoms with Gasteiger partial charge in [0.1, 0.15) is 5.75 Å². The second-order valence-electron chi connectivity index (χ2n) is 7.10. The van der Waals surface area contributed by atoms with Crippen molar-refractivity contribution in [2.24, 2.45) is 0 Å². The summed E-state index contributed by atoms with van der Waals surface area (Å²) in [7, 11) is -1.64. The quantitative estimate of drug-likeness (QED) is 0.696. The first-order valence-corrected chi connectivity index (χ1v) is 10.9. The third-order valence-electron chi connectivity index (χ3n) is 4.71. The molecular formula is C22H20N2O4S. The molecule has 0 aromatic heterocycles. The smallest absolute Gasteiger partial charge is 0.261 e. The molecule has 0 spiro atoms. The number of rotatable bonds is 3. The van der Waals surface area contributed by atoms with Crippen molar-refractivity contribution >= 4 is 27.3 Å². The minimum absolute atomic E-state index is 0.150. The molecule has 0 unspecified atom stereocenters. The van der Waals surface area contributed by atoms with Crippen molar-refractivity contribution in [2.45, 2.75) is 6.92 Å². The Hall–Kier alpha value is -3.32. The van der Waals surface area contributed by atoms with E-state index in [1.54, 1.807) is 42.3 Å². The monoisotopic (exact) mass is 408 g/mol. The van der Waals surface area contributed by atoms with Crippen LogP contribution in [0.2, 0.25) is 0 Å². The summed E-state index contributed by atoms with van der Waals surface area (Å²) in [6.07, 6.45) is 1.11. The van der Waals surface area contributed by atoms with Gasteiger partial charge in [0.05, 0.1) is 17.5 Å². The highest BCUT2D eigenvalue weighted by molar-refractivity contribution is 7.92. The van der Waals surface area contributed by atoms with E-state index in [9.17, 15) is 13.2 Å². The number of hydrogen-bond donors (Lipinski definition) is 1. The minimum Gasteiger partial charge on any atom is -0.454 e. The summed E-state index contributed by atoms with van der Waals surface area (Å²) >= 11 is 0. The second kappa shape index (κ2) is 6.93. The van der Waals surface area contributed by atoms with Crippen molar-refractivity contribution in [2.75, 3.05) is 22.9 Å². The van der Waals surface area contributed by atoms with Crippen LogP contribution in [0, 0.1) is 6.92 Å². The molecular weight excluding hydrogens is 388 g/mol. The number of fused-ring (bicyclic) bond motifs is 2. The van der Waals surface area contributed by atoms with Gasteiger partial charge >= 0.3 is 0 Å². The topological polar surface area (TPSA) is 75.7 Å². The largest absolute Gasteiger partial charge is 0.454 e. The molecule has 0 saturated heterocycles. The molecule has 1 N–H and O–H groups in total. The van der Waals surface area contributed by atoms with Crippen LogP contribution in [0.4, 0.5) is 11.4 Å².